The summed E-state index contributed by atoms with van der Waals surface area (Å²) in [6, 6.07) is 2.47. The maximum absolute atomic E-state index is 14.0. The Kier molecular flexibility index (Phi) is 5.98. The molecule has 1 aromatic carbocycles. The number of alkyl halides is 3. The molecule has 0 radical (unpaired) electrons. The third-order valence-corrected chi connectivity index (χ3v) is 6.31. The molecular formula is C22H21F4N7O3. The van der Waals surface area contributed by atoms with E-state index in [4.69, 9.17) is 4.74 Å². The van der Waals surface area contributed by atoms with Crippen molar-refractivity contribution in [2.75, 3.05) is 56.2 Å². The van der Waals surface area contributed by atoms with Crippen molar-refractivity contribution in [3.05, 3.63) is 52.0 Å². The fraction of sp³-hybridized carbons (Fsp3) is 0.409. The largest absolute Gasteiger partial charge is 0.419 e. The van der Waals surface area contributed by atoms with Gasteiger partial charge in [0.2, 0.25) is 11.9 Å². The van der Waals surface area contributed by atoms with Crippen LogP contribution in [0.15, 0.2) is 29.3 Å². The van der Waals surface area contributed by atoms with Gasteiger partial charge >= 0.3 is 6.18 Å². The van der Waals surface area contributed by atoms with Gasteiger partial charge in [0.25, 0.3) is 5.56 Å². The van der Waals surface area contributed by atoms with E-state index in [2.05, 4.69) is 20.2 Å². The number of benzene rings is 1. The lowest BCUT2D eigenvalue weighted by Crippen LogP contribution is -2.50. The second kappa shape index (κ2) is 9.00. The predicted molar refractivity (Wildman–Crippen MR) is 120 cm³/mol. The first-order chi connectivity index (χ1) is 17.1. The minimum absolute atomic E-state index is 0.156. The molecular weight excluding hydrogens is 486 g/mol. The highest BCUT2D eigenvalue weighted by Crippen LogP contribution is 2.37. The van der Waals surface area contributed by atoms with Gasteiger partial charge in [-0.05, 0) is 12.1 Å². The van der Waals surface area contributed by atoms with E-state index in [1.807, 2.05) is 0 Å². The highest BCUT2D eigenvalue weighted by Gasteiger charge is 2.33. The number of amides is 1. The molecule has 1 amide bonds. The van der Waals surface area contributed by atoms with Crippen molar-refractivity contribution in [2.45, 2.75) is 12.3 Å². The number of carbonyl (C=O) groups is 1. The lowest BCUT2D eigenvalue weighted by molar-refractivity contribution is -0.139. The fourth-order valence-corrected chi connectivity index (χ4v) is 4.42. The number of hydrogen-bond acceptors (Lipinski definition) is 8. The zero-order valence-corrected chi connectivity index (χ0v) is 19.0. The van der Waals surface area contributed by atoms with Crippen LogP contribution >= 0.6 is 0 Å². The molecule has 1 N–H and O–H groups in total. The normalized spacial score (nSPS) is 18.1. The van der Waals surface area contributed by atoms with Gasteiger partial charge in [0, 0.05) is 63.2 Å². The first-order valence-electron chi connectivity index (χ1n) is 11.1. The Morgan fingerprint density at radius 2 is 1.86 bits per heavy atom. The topological polar surface area (TPSA) is 108 Å². The summed E-state index contributed by atoms with van der Waals surface area (Å²) in [7, 11) is 1.74. The van der Waals surface area contributed by atoms with E-state index in [0.717, 1.165) is 18.5 Å². The monoisotopic (exact) mass is 507 g/mol. The van der Waals surface area contributed by atoms with Crippen LogP contribution in [0.1, 0.15) is 17.4 Å². The van der Waals surface area contributed by atoms with Crippen LogP contribution in [0, 0.1) is 5.82 Å². The molecule has 3 aromatic rings. The summed E-state index contributed by atoms with van der Waals surface area (Å²) in [5.74, 6) is -0.640. The molecule has 0 bridgehead atoms. The molecule has 0 spiro atoms. The zero-order valence-electron chi connectivity index (χ0n) is 19.0. The lowest BCUT2D eigenvalue weighted by atomic mass is 10.0. The number of nitrogens with zero attached hydrogens (tertiary/aromatic N) is 6. The van der Waals surface area contributed by atoms with Crippen molar-refractivity contribution in [3.8, 4) is 0 Å². The average molecular weight is 507 g/mol. The van der Waals surface area contributed by atoms with Crippen molar-refractivity contribution in [2.24, 2.45) is 0 Å². The highest BCUT2D eigenvalue weighted by atomic mass is 19.4. The van der Waals surface area contributed by atoms with Crippen molar-refractivity contribution in [1.29, 1.82) is 0 Å². The van der Waals surface area contributed by atoms with Crippen LogP contribution in [0.25, 0.3) is 10.8 Å². The number of ether oxygens (including phenoxy) is 1. The van der Waals surface area contributed by atoms with Crippen molar-refractivity contribution >= 4 is 28.3 Å². The minimum Gasteiger partial charge on any atom is -0.371 e. The summed E-state index contributed by atoms with van der Waals surface area (Å²) in [5.41, 5.74) is -0.497. The summed E-state index contributed by atoms with van der Waals surface area (Å²) in [4.78, 5) is 37.6. The molecule has 0 saturated carbocycles. The van der Waals surface area contributed by atoms with Gasteiger partial charge in [0.1, 0.15) is 24.2 Å². The van der Waals surface area contributed by atoms with Crippen LogP contribution in [-0.2, 0) is 15.7 Å². The third-order valence-electron chi connectivity index (χ3n) is 6.31. The van der Waals surface area contributed by atoms with Crippen LogP contribution in [-0.4, -0.2) is 77.4 Å². The number of piperazine rings is 1. The molecule has 0 unspecified atom stereocenters. The number of hydrogen-bond donors (Lipinski definition) is 1. The fourth-order valence-electron chi connectivity index (χ4n) is 4.42. The predicted octanol–water partition coefficient (Wildman–Crippen LogP) is 1.73. The summed E-state index contributed by atoms with van der Waals surface area (Å²) in [5, 5.41) is 7.11. The molecule has 4 heterocycles. The Morgan fingerprint density at radius 1 is 1.17 bits per heavy atom. The van der Waals surface area contributed by atoms with E-state index in [1.165, 1.54) is 6.07 Å². The lowest BCUT2D eigenvalue weighted by Gasteiger charge is -2.35. The first-order valence-corrected chi connectivity index (χ1v) is 11.1. The Hall–Kier alpha value is -3.81. The van der Waals surface area contributed by atoms with Crippen LogP contribution in [0.4, 0.5) is 29.2 Å². The quantitative estimate of drug-likeness (QED) is 0.533. The Balaban J connectivity index is 1.22. The van der Waals surface area contributed by atoms with E-state index in [0.29, 0.717) is 49.5 Å². The van der Waals surface area contributed by atoms with E-state index >= 15 is 0 Å². The zero-order chi connectivity index (χ0) is 25.6. The molecule has 2 aromatic heterocycles. The van der Waals surface area contributed by atoms with Crippen LogP contribution in [0.2, 0.25) is 0 Å². The molecule has 5 rings (SSSR count). The summed E-state index contributed by atoms with van der Waals surface area (Å²) in [6.45, 7) is 1.40. The standard InChI is InChI=1S/C22H21F4N7O3/c1-31-10-16(19-18-14(20(35)30-29-19)6-13(23)7-15(18)31)36-11-17(34)32-2-4-33(5-3-32)21-27-8-12(9-28-21)22(24,25)26/h6-9,16H,2-5,10-11H2,1H3,(H,30,35)/t16-/m0/s1. The number of nitrogens with one attached hydrogen (secondary N) is 1. The number of likely N-dealkylation sites (N-methyl/N-ethyl adjacent to an activating group) is 1. The molecule has 14 heteroatoms. The van der Waals surface area contributed by atoms with Crippen LogP contribution in [0.3, 0.4) is 0 Å². The van der Waals surface area contributed by atoms with Crippen molar-refractivity contribution in [1.82, 2.24) is 25.1 Å². The van der Waals surface area contributed by atoms with Gasteiger partial charge in [0.15, 0.2) is 0 Å². The SMILES string of the molecule is CN1C[C@H](OCC(=O)N2CCN(c3ncc(C(F)(F)F)cn3)CC2)c2n[nH]c(=O)c3cc(F)cc1c23. The molecule has 10 nitrogen and oxygen atoms in total. The van der Waals surface area contributed by atoms with Crippen LogP contribution < -0.4 is 15.4 Å². The number of carbonyl (C=O) groups excluding carboxylic acids is 1. The molecule has 1 fully saturated rings. The molecule has 190 valence electrons. The number of H-pyrrole nitrogens is 1. The first kappa shape index (κ1) is 23.9. The number of aromatic nitrogens is 4. The average Bonchev–Trinajstić information content (AvgIpc) is 2.86. The second-order valence-electron chi connectivity index (χ2n) is 8.60. The Labute approximate surface area is 201 Å². The summed E-state index contributed by atoms with van der Waals surface area (Å²) >= 11 is 0. The smallest absolute Gasteiger partial charge is 0.371 e. The van der Waals surface area contributed by atoms with Crippen molar-refractivity contribution in [3.63, 3.8) is 0 Å². The third kappa shape index (κ3) is 4.43. The van der Waals surface area contributed by atoms with Gasteiger partial charge in [-0.15, -0.1) is 0 Å². The van der Waals surface area contributed by atoms with Crippen LogP contribution in [0.5, 0.6) is 0 Å². The van der Waals surface area contributed by atoms with E-state index in [1.54, 1.807) is 21.7 Å². The molecule has 1 atom stereocenters. The Morgan fingerprint density at radius 3 is 2.53 bits per heavy atom. The van der Waals surface area contributed by atoms with Gasteiger partial charge in [-0.2, -0.15) is 18.3 Å². The molecule has 2 aliphatic rings. The molecule has 2 aliphatic heterocycles. The van der Waals surface area contributed by atoms with Gasteiger partial charge in [-0.3, -0.25) is 9.59 Å². The van der Waals surface area contributed by atoms with Gasteiger partial charge in [0.05, 0.1) is 10.9 Å². The summed E-state index contributed by atoms with van der Waals surface area (Å²) < 4.78 is 58.0. The number of halogens is 4. The van der Waals surface area contributed by atoms with E-state index in [-0.39, 0.29) is 23.8 Å². The molecule has 0 aliphatic carbocycles. The molecule has 1 saturated heterocycles. The van der Waals surface area contributed by atoms with E-state index < -0.39 is 29.2 Å². The number of anilines is 2. The Bertz CT molecular complexity index is 1350. The van der Waals surface area contributed by atoms with Crippen molar-refractivity contribution < 1.29 is 27.1 Å². The number of rotatable bonds is 4. The second-order valence-corrected chi connectivity index (χ2v) is 8.60. The van der Waals surface area contributed by atoms with E-state index in [9.17, 15) is 27.2 Å². The van der Waals surface area contributed by atoms with Gasteiger partial charge in [-0.25, -0.2) is 19.5 Å². The van der Waals surface area contributed by atoms with Gasteiger partial charge in [-0.1, -0.05) is 0 Å². The van der Waals surface area contributed by atoms with Gasteiger partial charge < -0.3 is 19.4 Å². The highest BCUT2D eigenvalue weighted by molar-refractivity contribution is 5.97. The molecule has 36 heavy (non-hydrogen) atoms. The maximum atomic E-state index is 14.0. The summed E-state index contributed by atoms with van der Waals surface area (Å²) in [6.07, 6.45) is -3.66. The number of aromatic amines is 1. The minimum atomic E-state index is -4.51. The maximum Gasteiger partial charge on any atom is 0.419 e.